The third-order valence-corrected chi connectivity index (χ3v) is 6.16. The fourth-order valence-electron chi connectivity index (χ4n) is 4.26. The molecule has 0 amide bonds. The first kappa shape index (κ1) is 23.0. The Morgan fingerprint density at radius 2 is 1.52 bits per heavy atom. The number of anilines is 1. The van der Waals surface area contributed by atoms with Gasteiger partial charge in [0.15, 0.2) is 17.3 Å². The molecular formula is C27H34N2O4. The van der Waals surface area contributed by atoms with Crippen LogP contribution in [0.5, 0.6) is 17.2 Å². The maximum absolute atomic E-state index is 13.4. The van der Waals surface area contributed by atoms with Crippen LogP contribution in [0, 0.1) is 0 Å². The summed E-state index contributed by atoms with van der Waals surface area (Å²) < 4.78 is 13.4. The van der Waals surface area contributed by atoms with E-state index in [0.717, 1.165) is 28.3 Å². The maximum atomic E-state index is 13.4. The van der Waals surface area contributed by atoms with Gasteiger partial charge in [-0.25, -0.2) is 0 Å². The molecule has 0 fully saturated rings. The number of nitrogens with zero attached hydrogens (tertiary/aromatic N) is 1. The molecule has 176 valence electrons. The molecule has 2 heterocycles. The van der Waals surface area contributed by atoms with Gasteiger partial charge in [0.05, 0.1) is 19.8 Å². The quantitative estimate of drug-likeness (QED) is 0.510. The van der Waals surface area contributed by atoms with E-state index in [2.05, 4.69) is 0 Å². The number of rotatable bonds is 3. The van der Waals surface area contributed by atoms with E-state index in [1.807, 2.05) is 72.0 Å². The smallest absolute Gasteiger partial charge is 0.182 e. The number of hydrogen-bond acceptors (Lipinski definition) is 5. The summed E-state index contributed by atoms with van der Waals surface area (Å²) in [5.41, 5.74) is 7.92. The zero-order valence-corrected chi connectivity index (χ0v) is 20.4. The summed E-state index contributed by atoms with van der Waals surface area (Å²) >= 11 is 0. The normalized spacial score (nSPS) is 14.4. The molecule has 0 saturated carbocycles. The van der Waals surface area contributed by atoms with Crippen LogP contribution in [0.1, 0.15) is 69.4 Å². The summed E-state index contributed by atoms with van der Waals surface area (Å²) in [5.74, 6) is 2.09. The standard InChI is InChI=1S/C27H34N2O4/c1-26(2,3)19-10-16(11-20(24(19)31)27(4,5)6)21(30)15-29-14-17-12-22-23(13-18(17)25(29)28)33-9-7-8-32-22/h10-14,31H,7-9,15,28H2,1-6H3. The van der Waals surface area contributed by atoms with Crippen molar-refractivity contribution >= 4 is 22.4 Å². The number of nitrogen functional groups attached to an aromatic ring is 1. The molecule has 6 heteroatoms. The van der Waals surface area contributed by atoms with Gasteiger partial charge < -0.3 is 24.9 Å². The van der Waals surface area contributed by atoms with Crippen LogP contribution in [0.3, 0.4) is 0 Å². The Bertz CT molecular complexity index is 1190. The molecule has 33 heavy (non-hydrogen) atoms. The number of phenolic OH excluding ortho intramolecular Hbond substituents is 1. The number of ether oxygens (including phenoxy) is 2. The second-order valence-electron chi connectivity index (χ2n) is 10.9. The van der Waals surface area contributed by atoms with Crippen LogP contribution >= 0.6 is 0 Å². The highest BCUT2D eigenvalue weighted by molar-refractivity contribution is 5.99. The largest absolute Gasteiger partial charge is 0.507 e. The molecule has 1 aliphatic heterocycles. The number of ketones is 1. The highest BCUT2D eigenvalue weighted by atomic mass is 16.5. The van der Waals surface area contributed by atoms with Crippen molar-refractivity contribution in [3.8, 4) is 17.2 Å². The highest BCUT2D eigenvalue weighted by Crippen LogP contribution is 2.40. The summed E-state index contributed by atoms with van der Waals surface area (Å²) in [6, 6.07) is 7.44. The van der Waals surface area contributed by atoms with Crippen molar-refractivity contribution in [1.29, 1.82) is 0 Å². The lowest BCUT2D eigenvalue weighted by Gasteiger charge is -2.28. The highest BCUT2D eigenvalue weighted by Gasteiger charge is 2.28. The number of aromatic nitrogens is 1. The summed E-state index contributed by atoms with van der Waals surface area (Å²) in [5, 5.41) is 12.7. The number of benzene rings is 2. The van der Waals surface area contributed by atoms with Crippen LogP contribution in [0.15, 0.2) is 30.5 Å². The van der Waals surface area contributed by atoms with E-state index in [1.165, 1.54) is 0 Å². The lowest BCUT2D eigenvalue weighted by atomic mass is 9.78. The number of carbonyl (C=O) groups excluding carboxylic acids is 1. The van der Waals surface area contributed by atoms with Gasteiger partial charge in [0.2, 0.25) is 0 Å². The molecule has 1 aliphatic rings. The average Bonchev–Trinajstić information content (AvgIpc) is 2.87. The maximum Gasteiger partial charge on any atom is 0.182 e. The Morgan fingerprint density at radius 3 is 2.06 bits per heavy atom. The summed E-state index contributed by atoms with van der Waals surface area (Å²) in [6.45, 7) is 13.5. The summed E-state index contributed by atoms with van der Waals surface area (Å²) in [4.78, 5) is 13.4. The molecule has 3 N–H and O–H groups in total. The minimum Gasteiger partial charge on any atom is -0.507 e. The molecule has 3 aromatic rings. The van der Waals surface area contributed by atoms with Gasteiger partial charge in [-0.1, -0.05) is 41.5 Å². The molecule has 2 aromatic carbocycles. The van der Waals surface area contributed by atoms with Crippen molar-refractivity contribution in [3.05, 3.63) is 47.2 Å². The molecule has 0 saturated heterocycles. The van der Waals surface area contributed by atoms with Gasteiger partial charge in [-0.3, -0.25) is 4.79 Å². The molecule has 0 unspecified atom stereocenters. The molecule has 0 aliphatic carbocycles. The van der Waals surface area contributed by atoms with Crippen LogP contribution in [0.2, 0.25) is 0 Å². The zero-order valence-electron chi connectivity index (χ0n) is 20.4. The average molecular weight is 451 g/mol. The van der Waals surface area contributed by atoms with Crippen molar-refractivity contribution in [3.63, 3.8) is 0 Å². The first-order valence-corrected chi connectivity index (χ1v) is 11.5. The number of hydrogen-bond donors (Lipinski definition) is 2. The molecule has 1 aromatic heterocycles. The van der Waals surface area contributed by atoms with E-state index < -0.39 is 0 Å². The molecular weight excluding hydrogens is 416 g/mol. The predicted molar refractivity (Wildman–Crippen MR) is 132 cm³/mol. The van der Waals surface area contributed by atoms with Crippen LogP contribution in [-0.2, 0) is 17.4 Å². The Labute approximate surface area is 195 Å². The van der Waals surface area contributed by atoms with Gasteiger partial charge in [0.25, 0.3) is 0 Å². The summed E-state index contributed by atoms with van der Waals surface area (Å²) in [6.07, 6.45) is 2.72. The fourth-order valence-corrected chi connectivity index (χ4v) is 4.26. The Kier molecular flexibility index (Phi) is 5.59. The topological polar surface area (TPSA) is 86.7 Å². The first-order valence-electron chi connectivity index (χ1n) is 11.5. The van der Waals surface area contributed by atoms with E-state index in [1.54, 1.807) is 4.57 Å². The van der Waals surface area contributed by atoms with Gasteiger partial charge in [-0.05, 0) is 35.1 Å². The van der Waals surface area contributed by atoms with E-state index in [0.29, 0.717) is 36.1 Å². The van der Waals surface area contributed by atoms with Gasteiger partial charge in [0, 0.05) is 40.1 Å². The van der Waals surface area contributed by atoms with Crippen LogP contribution in [-0.4, -0.2) is 28.7 Å². The van der Waals surface area contributed by atoms with E-state index >= 15 is 0 Å². The molecule has 0 atom stereocenters. The number of carbonyl (C=O) groups is 1. The molecule has 4 rings (SSSR count). The number of fused-ring (bicyclic) bond motifs is 2. The molecule has 0 bridgehead atoms. The second-order valence-corrected chi connectivity index (χ2v) is 10.9. The SMILES string of the molecule is CC(C)(C)c1cc(C(=O)Cn2cc3cc4c(cc3c2N)OCCCO4)cc(C(C)(C)C)c1O. The van der Waals surface area contributed by atoms with E-state index in [4.69, 9.17) is 15.2 Å². The Balaban J connectivity index is 1.73. The Morgan fingerprint density at radius 1 is 0.970 bits per heavy atom. The third kappa shape index (κ3) is 4.39. The van der Waals surface area contributed by atoms with Crippen LogP contribution < -0.4 is 15.2 Å². The first-order chi connectivity index (χ1) is 15.4. The summed E-state index contributed by atoms with van der Waals surface area (Å²) in [7, 11) is 0. The van der Waals surface area contributed by atoms with Crippen LogP contribution in [0.25, 0.3) is 10.8 Å². The van der Waals surface area contributed by atoms with Gasteiger partial charge in [0.1, 0.15) is 11.6 Å². The van der Waals surface area contributed by atoms with Gasteiger partial charge in [-0.15, -0.1) is 0 Å². The number of nitrogens with two attached hydrogens (primary N) is 1. The lowest BCUT2D eigenvalue weighted by molar-refractivity contribution is 0.0972. The molecule has 6 nitrogen and oxygen atoms in total. The fraction of sp³-hybridized carbons (Fsp3) is 0.444. The van der Waals surface area contributed by atoms with Crippen LogP contribution in [0.4, 0.5) is 5.82 Å². The van der Waals surface area contributed by atoms with E-state index in [-0.39, 0.29) is 28.9 Å². The van der Waals surface area contributed by atoms with Crippen molar-refractivity contribution < 1.29 is 19.4 Å². The molecule has 0 radical (unpaired) electrons. The molecule has 0 spiro atoms. The van der Waals surface area contributed by atoms with Gasteiger partial charge >= 0.3 is 0 Å². The third-order valence-electron chi connectivity index (χ3n) is 6.16. The number of phenols is 1. The Hall–Kier alpha value is -3.15. The second kappa shape index (κ2) is 8.01. The van der Waals surface area contributed by atoms with E-state index in [9.17, 15) is 9.90 Å². The van der Waals surface area contributed by atoms with Crippen molar-refractivity contribution in [2.75, 3.05) is 18.9 Å². The van der Waals surface area contributed by atoms with Crippen molar-refractivity contribution in [2.24, 2.45) is 0 Å². The lowest BCUT2D eigenvalue weighted by Crippen LogP contribution is -2.20. The monoisotopic (exact) mass is 450 g/mol. The van der Waals surface area contributed by atoms with Gasteiger partial charge in [-0.2, -0.15) is 0 Å². The number of Topliss-reactive ketones (excluding diaryl/α,β-unsaturated/α-hetero) is 1. The minimum atomic E-state index is -0.306. The predicted octanol–water partition coefficient (Wildman–Crippen LogP) is 5.57. The number of aromatic hydroxyl groups is 1. The minimum absolute atomic E-state index is 0.0629. The van der Waals surface area contributed by atoms with Crippen molar-refractivity contribution in [2.45, 2.75) is 65.3 Å². The zero-order chi connectivity index (χ0) is 24.1. The van der Waals surface area contributed by atoms with Crippen molar-refractivity contribution in [1.82, 2.24) is 4.57 Å².